The van der Waals surface area contributed by atoms with E-state index in [2.05, 4.69) is 0 Å². The number of carbonyl (C=O) groups is 2. The Kier molecular flexibility index (Phi) is 4.69. The summed E-state index contributed by atoms with van der Waals surface area (Å²) in [5.74, 6) is -1.14. The summed E-state index contributed by atoms with van der Waals surface area (Å²) >= 11 is 0. The zero-order valence-corrected chi connectivity index (χ0v) is 10.2. The van der Waals surface area contributed by atoms with E-state index >= 15 is 0 Å². The predicted octanol–water partition coefficient (Wildman–Crippen LogP) is 2.39. The topological polar surface area (TPSA) is 52.6 Å². The lowest BCUT2D eigenvalue weighted by molar-refractivity contribution is -0.169. The molecule has 0 saturated carbocycles. The second-order valence-corrected chi connectivity index (χ2v) is 3.93. The predicted molar refractivity (Wildman–Crippen MR) is 62.2 cm³/mol. The second kappa shape index (κ2) is 6.03. The zero-order valence-electron chi connectivity index (χ0n) is 10.2. The van der Waals surface area contributed by atoms with Gasteiger partial charge in [0.1, 0.15) is 0 Å². The van der Waals surface area contributed by atoms with Crippen LogP contribution in [0.4, 0.5) is 0 Å². The Balaban J connectivity index is 2.50. The van der Waals surface area contributed by atoms with E-state index in [1.54, 1.807) is 44.2 Å². The highest BCUT2D eigenvalue weighted by molar-refractivity contribution is 5.89. The van der Waals surface area contributed by atoms with Gasteiger partial charge < -0.3 is 9.47 Å². The van der Waals surface area contributed by atoms with Gasteiger partial charge in [-0.1, -0.05) is 32.0 Å². The van der Waals surface area contributed by atoms with E-state index < -0.39 is 18.2 Å². The summed E-state index contributed by atoms with van der Waals surface area (Å²) in [6, 6.07) is 8.56. The molecule has 0 aliphatic rings. The summed E-state index contributed by atoms with van der Waals surface area (Å²) in [6.07, 6.45) is -0.877. The number of hydrogen-bond donors (Lipinski definition) is 0. The Bertz CT molecular complexity index is 384. The van der Waals surface area contributed by atoms with E-state index in [4.69, 9.17) is 9.47 Å². The molecule has 0 bridgehead atoms. The molecule has 1 unspecified atom stereocenters. The molecular weight excluding hydrogens is 220 g/mol. The number of ether oxygens (including phenoxy) is 2. The molecule has 0 radical (unpaired) electrons. The van der Waals surface area contributed by atoms with Crippen molar-refractivity contribution in [3.8, 4) is 0 Å². The van der Waals surface area contributed by atoms with Crippen molar-refractivity contribution >= 4 is 11.9 Å². The van der Waals surface area contributed by atoms with Gasteiger partial charge in [0.25, 0.3) is 0 Å². The molecule has 0 N–H and O–H groups in total. The van der Waals surface area contributed by atoms with Gasteiger partial charge in [-0.25, -0.2) is 4.79 Å². The van der Waals surface area contributed by atoms with Crippen LogP contribution in [0, 0.1) is 5.92 Å². The van der Waals surface area contributed by atoms with Crippen molar-refractivity contribution in [2.24, 2.45) is 5.92 Å². The van der Waals surface area contributed by atoms with Crippen LogP contribution in [-0.4, -0.2) is 18.2 Å². The summed E-state index contributed by atoms with van der Waals surface area (Å²) in [7, 11) is 0. The first-order valence-corrected chi connectivity index (χ1v) is 5.47. The van der Waals surface area contributed by atoms with E-state index in [1.807, 2.05) is 0 Å². The third-order valence-electron chi connectivity index (χ3n) is 2.04. The van der Waals surface area contributed by atoms with E-state index in [1.165, 1.54) is 6.92 Å². The van der Waals surface area contributed by atoms with Gasteiger partial charge in [0.15, 0.2) is 0 Å². The first-order valence-electron chi connectivity index (χ1n) is 5.47. The van der Waals surface area contributed by atoms with Crippen LogP contribution in [0.3, 0.4) is 0 Å². The number of hydrogen-bond acceptors (Lipinski definition) is 4. The van der Waals surface area contributed by atoms with E-state index in [-0.39, 0.29) is 5.92 Å². The maximum absolute atomic E-state index is 11.6. The summed E-state index contributed by atoms with van der Waals surface area (Å²) in [6.45, 7) is 4.95. The molecule has 0 aliphatic heterocycles. The summed E-state index contributed by atoms with van der Waals surface area (Å²) in [4.78, 5) is 22.9. The van der Waals surface area contributed by atoms with Crippen molar-refractivity contribution in [2.45, 2.75) is 27.1 Å². The molecule has 1 atom stereocenters. The Hall–Kier alpha value is -1.84. The van der Waals surface area contributed by atoms with Crippen molar-refractivity contribution in [3.05, 3.63) is 35.9 Å². The molecule has 1 rings (SSSR count). The monoisotopic (exact) mass is 236 g/mol. The van der Waals surface area contributed by atoms with Crippen LogP contribution >= 0.6 is 0 Å². The van der Waals surface area contributed by atoms with Crippen molar-refractivity contribution < 1.29 is 19.1 Å². The Labute approximate surface area is 101 Å². The molecule has 4 heteroatoms. The highest BCUT2D eigenvalue weighted by Crippen LogP contribution is 2.06. The minimum Gasteiger partial charge on any atom is -0.425 e. The minimum atomic E-state index is -0.877. The van der Waals surface area contributed by atoms with Crippen LogP contribution in [0.1, 0.15) is 31.1 Å². The fourth-order valence-corrected chi connectivity index (χ4v) is 1.12. The second-order valence-electron chi connectivity index (χ2n) is 3.93. The molecule has 0 spiro atoms. The lowest BCUT2D eigenvalue weighted by Gasteiger charge is -2.15. The average Bonchev–Trinajstić information content (AvgIpc) is 2.29. The molecule has 0 amide bonds. The highest BCUT2D eigenvalue weighted by atomic mass is 16.7. The van der Waals surface area contributed by atoms with Crippen molar-refractivity contribution in [1.82, 2.24) is 0 Å². The maximum Gasteiger partial charge on any atom is 0.341 e. The third kappa shape index (κ3) is 4.26. The number of esters is 2. The smallest absolute Gasteiger partial charge is 0.341 e. The molecule has 0 heterocycles. The normalized spacial score (nSPS) is 12.0. The summed E-state index contributed by atoms with van der Waals surface area (Å²) in [5, 5.41) is 0. The fourth-order valence-electron chi connectivity index (χ4n) is 1.12. The van der Waals surface area contributed by atoms with Gasteiger partial charge in [-0.15, -0.1) is 0 Å². The lowest BCUT2D eigenvalue weighted by Crippen LogP contribution is -2.24. The van der Waals surface area contributed by atoms with Crippen molar-refractivity contribution in [1.29, 1.82) is 0 Å². The van der Waals surface area contributed by atoms with Crippen LogP contribution in [0.15, 0.2) is 30.3 Å². The lowest BCUT2D eigenvalue weighted by atomic mass is 10.2. The van der Waals surface area contributed by atoms with Gasteiger partial charge in [0.2, 0.25) is 6.29 Å². The molecular formula is C13H16O4. The molecule has 0 aliphatic carbocycles. The summed E-state index contributed by atoms with van der Waals surface area (Å²) in [5.41, 5.74) is 0.431. The maximum atomic E-state index is 11.6. The van der Waals surface area contributed by atoms with Gasteiger partial charge in [0, 0.05) is 6.92 Å². The molecule has 1 aromatic carbocycles. The molecule has 0 aromatic heterocycles. The van der Waals surface area contributed by atoms with Crippen molar-refractivity contribution in [2.75, 3.05) is 0 Å². The van der Waals surface area contributed by atoms with Gasteiger partial charge in [-0.3, -0.25) is 4.79 Å². The molecule has 0 fully saturated rings. The largest absolute Gasteiger partial charge is 0.425 e. The standard InChI is InChI=1S/C13H16O4/c1-9(2)12(14)16-10(3)17-13(15)11-7-5-4-6-8-11/h4-10H,1-3H3. The number of benzene rings is 1. The first-order chi connectivity index (χ1) is 8.00. The quantitative estimate of drug-likeness (QED) is 0.595. The van der Waals surface area contributed by atoms with Gasteiger partial charge >= 0.3 is 11.9 Å². The number of carbonyl (C=O) groups excluding carboxylic acids is 2. The van der Waals surface area contributed by atoms with Crippen molar-refractivity contribution in [3.63, 3.8) is 0 Å². The van der Waals surface area contributed by atoms with Gasteiger partial charge in [0.05, 0.1) is 11.5 Å². The van der Waals surface area contributed by atoms with E-state index in [9.17, 15) is 9.59 Å². The van der Waals surface area contributed by atoms with E-state index in [0.717, 1.165) is 0 Å². The molecule has 0 saturated heterocycles. The Morgan fingerprint density at radius 1 is 1.00 bits per heavy atom. The average molecular weight is 236 g/mol. The van der Waals surface area contributed by atoms with Crippen LogP contribution in [0.25, 0.3) is 0 Å². The number of rotatable bonds is 4. The van der Waals surface area contributed by atoms with E-state index in [0.29, 0.717) is 5.56 Å². The zero-order chi connectivity index (χ0) is 12.8. The van der Waals surface area contributed by atoms with Crippen LogP contribution in [-0.2, 0) is 14.3 Å². The Morgan fingerprint density at radius 2 is 1.59 bits per heavy atom. The molecule has 4 nitrogen and oxygen atoms in total. The fraction of sp³-hybridized carbons (Fsp3) is 0.385. The Morgan fingerprint density at radius 3 is 2.12 bits per heavy atom. The SMILES string of the molecule is CC(OC(=O)c1ccccc1)OC(=O)C(C)C. The first kappa shape index (κ1) is 13.2. The molecule has 92 valence electrons. The van der Waals surface area contributed by atoms with Gasteiger partial charge in [-0.05, 0) is 12.1 Å². The van der Waals surface area contributed by atoms with Crippen LogP contribution in [0.5, 0.6) is 0 Å². The molecule has 17 heavy (non-hydrogen) atoms. The molecule has 1 aromatic rings. The third-order valence-corrected chi connectivity index (χ3v) is 2.04. The van der Waals surface area contributed by atoms with Crippen LogP contribution in [0.2, 0.25) is 0 Å². The van der Waals surface area contributed by atoms with Crippen LogP contribution < -0.4 is 0 Å². The highest BCUT2D eigenvalue weighted by Gasteiger charge is 2.17. The summed E-state index contributed by atoms with van der Waals surface area (Å²) < 4.78 is 9.90. The van der Waals surface area contributed by atoms with Gasteiger partial charge in [-0.2, -0.15) is 0 Å². The minimum absolute atomic E-state index is 0.243.